The van der Waals surface area contributed by atoms with Gasteiger partial charge in [0.05, 0.1) is 0 Å². The first-order chi connectivity index (χ1) is 11.9. The van der Waals surface area contributed by atoms with Crippen LogP contribution in [0.3, 0.4) is 0 Å². The summed E-state index contributed by atoms with van der Waals surface area (Å²) in [4.78, 5) is 30.3. The largest absolute Gasteiger partial charge is 0.339 e. The molecule has 25 heavy (non-hydrogen) atoms. The number of carbonyl (C=O) groups excluding carboxylic acids is 2. The van der Waals surface area contributed by atoms with Crippen molar-refractivity contribution in [2.75, 3.05) is 18.4 Å². The van der Waals surface area contributed by atoms with Crippen molar-refractivity contribution in [3.05, 3.63) is 41.5 Å². The van der Waals surface area contributed by atoms with Gasteiger partial charge in [0.1, 0.15) is 6.04 Å². The van der Waals surface area contributed by atoms with Gasteiger partial charge in [-0.3, -0.25) is 4.79 Å². The standard InChI is InChI=1S/C17H23N5O3/c1-5-22(6-2)16(23)13-8-7-9-14(10-13)20-17(24)18-11(3)15-19-12(4)21-25-15/h7-11H,5-6H2,1-4H3,(H2,18,20,24). The van der Waals surface area contributed by atoms with E-state index < -0.39 is 12.1 Å². The molecule has 0 aliphatic carbocycles. The van der Waals surface area contributed by atoms with Gasteiger partial charge in [-0.2, -0.15) is 4.98 Å². The van der Waals surface area contributed by atoms with Crippen molar-refractivity contribution in [2.45, 2.75) is 33.7 Å². The van der Waals surface area contributed by atoms with Gasteiger partial charge >= 0.3 is 6.03 Å². The predicted molar refractivity (Wildman–Crippen MR) is 93.3 cm³/mol. The van der Waals surface area contributed by atoms with Crippen LogP contribution < -0.4 is 10.6 Å². The number of aryl methyl sites for hydroxylation is 1. The molecule has 0 aliphatic heterocycles. The summed E-state index contributed by atoms with van der Waals surface area (Å²) in [6.07, 6.45) is 0. The Kier molecular flexibility index (Phi) is 6.10. The van der Waals surface area contributed by atoms with Crippen molar-refractivity contribution < 1.29 is 14.1 Å². The van der Waals surface area contributed by atoms with Crippen LogP contribution in [0, 0.1) is 6.92 Å². The Bertz CT molecular complexity index is 739. The molecule has 1 atom stereocenters. The molecule has 0 fully saturated rings. The molecule has 0 radical (unpaired) electrons. The lowest BCUT2D eigenvalue weighted by Crippen LogP contribution is -2.32. The van der Waals surface area contributed by atoms with E-state index in [1.54, 1.807) is 43.0 Å². The number of anilines is 1. The second-order valence-electron chi connectivity index (χ2n) is 5.56. The third kappa shape index (κ3) is 4.79. The minimum atomic E-state index is -0.429. The van der Waals surface area contributed by atoms with Gasteiger partial charge in [-0.15, -0.1) is 0 Å². The lowest BCUT2D eigenvalue weighted by molar-refractivity contribution is 0.0773. The van der Waals surface area contributed by atoms with Gasteiger partial charge in [-0.1, -0.05) is 11.2 Å². The highest BCUT2D eigenvalue weighted by Crippen LogP contribution is 2.14. The summed E-state index contributed by atoms with van der Waals surface area (Å²) in [5.41, 5.74) is 1.06. The molecule has 1 aromatic carbocycles. The molecule has 0 saturated heterocycles. The Morgan fingerprint density at radius 2 is 2.00 bits per heavy atom. The molecule has 0 aliphatic rings. The average Bonchev–Trinajstić information content (AvgIpc) is 3.02. The van der Waals surface area contributed by atoms with Crippen molar-refractivity contribution in [2.24, 2.45) is 0 Å². The number of aromatic nitrogens is 2. The lowest BCUT2D eigenvalue weighted by Gasteiger charge is -2.19. The minimum Gasteiger partial charge on any atom is -0.339 e. The zero-order valence-electron chi connectivity index (χ0n) is 14.9. The van der Waals surface area contributed by atoms with Gasteiger partial charge in [0.2, 0.25) is 5.89 Å². The molecule has 2 aromatic rings. The minimum absolute atomic E-state index is 0.0660. The maximum Gasteiger partial charge on any atom is 0.319 e. The Morgan fingerprint density at radius 1 is 1.28 bits per heavy atom. The van der Waals surface area contributed by atoms with Crippen LogP contribution in [-0.2, 0) is 0 Å². The van der Waals surface area contributed by atoms with Gasteiger partial charge in [0.25, 0.3) is 5.91 Å². The van der Waals surface area contributed by atoms with Crippen LogP contribution in [0.1, 0.15) is 48.9 Å². The number of benzene rings is 1. The lowest BCUT2D eigenvalue weighted by atomic mass is 10.1. The Labute approximate surface area is 146 Å². The van der Waals surface area contributed by atoms with E-state index in [1.807, 2.05) is 13.8 Å². The van der Waals surface area contributed by atoms with Crippen LogP contribution in [0.2, 0.25) is 0 Å². The maximum atomic E-state index is 12.4. The second kappa shape index (κ2) is 8.27. The molecule has 0 spiro atoms. The molecule has 2 rings (SSSR count). The topological polar surface area (TPSA) is 100 Å². The first-order valence-electron chi connectivity index (χ1n) is 8.21. The Balaban J connectivity index is 2.01. The number of rotatable bonds is 6. The third-order valence-corrected chi connectivity index (χ3v) is 3.68. The summed E-state index contributed by atoms with van der Waals surface area (Å²) in [7, 11) is 0. The molecule has 3 amide bonds. The molecule has 0 bridgehead atoms. The molecular formula is C17H23N5O3. The number of urea groups is 1. The van der Waals surface area contributed by atoms with Crippen molar-refractivity contribution >= 4 is 17.6 Å². The van der Waals surface area contributed by atoms with Gasteiger partial charge in [0, 0.05) is 24.3 Å². The van der Waals surface area contributed by atoms with Crippen molar-refractivity contribution in [1.29, 1.82) is 0 Å². The van der Waals surface area contributed by atoms with E-state index in [9.17, 15) is 9.59 Å². The van der Waals surface area contributed by atoms with E-state index >= 15 is 0 Å². The summed E-state index contributed by atoms with van der Waals surface area (Å²) in [6.45, 7) is 8.57. The monoisotopic (exact) mass is 345 g/mol. The fourth-order valence-electron chi connectivity index (χ4n) is 2.34. The van der Waals surface area contributed by atoms with Crippen molar-refractivity contribution in [3.63, 3.8) is 0 Å². The molecule has 134 valence electrons. The molecule has 1 unspecified atom stereocenters. The highest BCUT2D eigenvalue weighted by atomic mass is 16.5. The molecule has 8 heteroatoms. The SMILES string of the molecule is CCN(CC)C(=O)c1cccc(NC(=O)NC(C)c2nc(C)no2)c1. The first-order valence-corrected chi connectivity index (χ1v) is 8.21. The fourth-order valence-corrected chi connectivity index (χ4v) is 2.34. The summed E-state index contributed by atoms with van der Waals surface area (Å²) >= 11 is 0. The smallest absolute Gasteiger partial charge is 0.319 e. The zero-order valence-corrected chi connectivity index (χ0v) is 14.9. The third-order valence-electron chi connectivity index (χ3n) is 3.68. The highest BCUT2D eigenvalue weighted by molar-refractivity contribution is 5.96. The fraction of sp³-hybridized carbons (Fsp3) is 0.412. The Morgan fingerprint density at radius 3 is 2.60 bits per heavy atom. The molecule has 0 saturated carbocycles. The number of nitrogens with zero attached hydrogens (tertiary/aromatic N) is 3. The summed E-state index contributed by atoms with van der Waals surface area (Å²) in [6, 6.07) is 5.99. The molecule has 2 N–H and O–H groups in total. The van der Waals surface area contributed by atoms with Crippen molar-refractivity contribution in [1.82, 2.24) is 20.4 Å². The number of amides is 3. The van der Waals surface area contributed by atoms with Gasteiger partial charge in [0.15, 0.2) is 5.82 Å². The molecule has 8 nitrogen and oxygen atoms in total. The average molecular weight is 345 g/mol. The normalized spacial score (nSPS) is 11.7. The van der Waals surface area contributed by atoms with Crippen LogP contribution in [0.15, 0.2) is 28.8 Å². The molecule has 1 aromatic heterocycles. The molecular weight excluding hydrogens is 322 g/mol. The predicted octanol–water partition coefficient (Wildman–Crippen LogP) is 2.74. The van der Waals surface area contributed by atoms with E-state index in [4.69, 9.17) is 4.52 Å². The van der Waals surface area contributed by atoms with Gasteiger partial charge < -0.3 is 20.1 Å². The second-order valence-corrected chi connectivity index (χ2v) is 5.56. The van der Waals surface area contributed by atoms with Gasteiger partial charge in [-0.05, 0) is 45.9 Å². The maximum absolute atomic E-state index is 12.4. The van der Waals surface area contributed by atoms with Crippen LogP contribution in [0.5, 0.6) is 0 Å². The van der Waals surface area contributed by atoms with E-state index in [1.165, 1.54) is 0 Å². The highest BCUT2D eigenvalue weighted by Gasteiger charge is 2.16. The van der Waals surface area contributed by atoms with Crippen LogP contribution in [0.25, 0.3) is 0 Å². The van der Waals surface area contributed by atoms with E-state index in [2.05, 4.69) is 20.8 Å². The number of nitrogens with one attached hydrogen (secondary N) is 2. The number of hydrogen-bond acceptors (Lipinski definition) is 5. The van der Waals surface area contributed by atoms with Crippen LogP contribution >= 0.6 is 0 Å². The Hall–Kier alpha value is -2.90. The summed E-state index contributed by atoms with van der Waals surface area (Å²) in [5, 5.41) is 9.11. The van der Waals surface area contributed by atoms with E-state index in [-0.39, 0.29) is 5.91 Å². The van der Waals surface area contributed by atoms with E-state index in [0.717, 1.165) is 0 Å². The zero-order chi connectivity index (χ0) is 18.4. The summed E-state index contributed by atoms with van der Waals surface area (Å²) < 4.78 is 5.02. The molecule has 1 heterocycles. The number of carbonyl (C=O) groups is 2. The quantitative estimate of drug-likeness (QED) is 0.838. The number of hydrogen-bond donors (Lipinski definition) is 2. The first kappa shape index (κ1) is 18.4. The van der Waals surface area contributed by atoms with Gasteiger partial charge in [-0.25, -0.2) is 4.79 Å². The van der Waals surface area contributed by atoms with Crippen LogP contribution in [-0.4, -0.2) is 40.1 Å². The summed E-state index contributed by atoms with van der Waals surface area (Å²) in [5.74, 6) is 0.772. The van der Waals surface area contributed by atoms with Crippen LogP contribution in [0.4, 0.5) is 10.5 Å². The van der Waals surface area contributed by atoms with Crippen molar-refractivity contribution in [3.8, 4) is 0 Å². The van der Waals surface area contributed by atoms with E-state index in [0.29, 0.717) is 36.1 Å².